The van der Waals surface area contributed by atoms with Crippen LogP contribution in [0.1, 0.15) is 21.6 Å². The van der Waals surface area contributed by atoms with Gasteiger partial charge in [0.25, 0.3) is 0 Å². The van der Waals surface area contributed by atoms with E-state index in [1.54, 1.807) is 19.2 Å². The summed E-state index contributed by atoms with van der Waals surface area (Å²) in [4.78, 5) is 17.1. The van der Waals surface area contributed by atoms with Crippen LogP contribution in [0.15, 0.2) is 72.8 Å². The van der Waals surface area contributed by atoms with E-state index in [4.69, 9.17) is 14.5 Å². The number of fused-ring (bicyclic) bond motifs is 3. The summed E-state index contributed by atoms with van der Waals surface area (Å²) in [7, 11) is 1.64. The van der Waals surface area contributed by atoms with E-state index in [9.17, 15) is 4.79 Å². The lowest BCUT2D eigenvalue weighted by Gasteiger charge is -2.10. The first-order valence-corrected chi connectivity index (χ1v) is 8.77. The van der Waals surface area contributed by atoms with Crippen molar-refractivity contribution in [1.82, 2.24) is 4.98 Å². The van der Waals surface area contributed by atoms with Crippen LogP contribution >= 0.6 is 0 Å². The van der Waals surface area contributed by atoms with Crippen LogP contribution in [-0.4, -0.2) is 18.1 Å². The van der Waals surface area contributed by atoms with Crippen LogP contribution in [0.25, 0.3) is 21.7 Å². The Bertz CT molecular complexity index is 1100. The molecule has 4 heteroatoms. The minimum absolute atomic E-state index is 0.129. The average Bonchev–Trinajstić information content (AvgIpc) is 2.72. The van der Waals surface area contributed by atoms with E-state index in [2.05, 4.69) is 12.1 Å². The highest BCUT2D eigenvalue weighted by Gasteiger charge is 2.12. The van der Waals surface area contributed by atoms with Crippen molar-refractivity contribution in [2.45, 2.75) is 13.2 Å². The highest BCUT2D eigenvalue weighted by Crippen LogP contribution is 2.26. The summed E-state index contributed by atoms with van der Waals surface area (Å²) in [6, 6.07) is 23.3. The molecule has 0 atom stereocenters. The minimum Gasteiger partial charge on any atom is -0.456 e. The number of pyridine rings is 1. The lowest BCUT2D eigenvalue weighted by atomic mass is 10.0. The zero-order valence-electron chi connectivity index (χ0n) is 15.0. The standard InChI is InChI=1S/C23H19NO3/c1-26-14-16-10-12-17(13-11-16)23(25)27-15-22-20-8-3-2-6-18(20)19-7-4-5-9-21(19)24-22/h2-13H,14-15H2,1H3. The molecule has 0 unspecified atom stereocenters. The molecule has 0 bridgehead atoms. The Balaban J connectivity index is 1.60. The second-order valence-corrected chi connectivity index (χ2v) is 6.33. The number of esters is 1. The van der Waals surface area contributed by atoms with Crippen LogP contribution < -0.4 is 0 Å². The predicted octanol–water partition coefficient (Wildman–Crippen LogP) is 4.89. The van der Waals surface area contributed by atoms with E-state index in [-0.39, 0.29) is 12.6 Å². The number of nitrogens with zero attached hydrogens (tertiary/aromatic N) is 1. The number of carbonyl (C=O) groups is 1. The van der Waals surface area contributed by atoms with Crippen LogP contribution in [0.3, 0.4) is 0 Å². The molecule has 0 saturated heterocycles. The topological polar surface area (TPSA) is 48.4 Å². The second kappa shape index (κ2) is 7.56. The van der Waals surface area contributed by atoms with Crippen molar-refractivity contribution >= 4 is 27.6 Å². The second-order valence-electron chi connectivity index (χ2n) is 6.33. The molecule has 4 aromatic rings. The molecule has 0 fully saturated rings. The summed E-state index contributed by atoms with van der Waals surface area (Å²) >= 11 is 0. The Morgan fingerprint density at radius 2 is 1.48 bits per heavy atom. The van der Waals surface area contributed by atoms with Crippen molar-refractivity contribution in [3.05, 3.63) is 89.6 Å². The fraction of sp³-hybridized carbons (Fsp3) is 0.130. The van der Waals surface area contributed by atoms with Crippen LogP contribution in [0.2, 0.25) is 0 Å². The Morgan fingerprint density at radius 3 is 2.22 bits per heavy atom. The van der Waals surface area contributed by atoms with Crippen molar-refractivity contribution in [1.29, 1.82) is 0 Å². The molecule has 0 aliphatic carbocycles. The molecular formula is C23H19NO3. The quantitative estimate of drug-likeness (QED) is 0.377. The molecule has 4 rings (SSSR count). The first-order valence-electron chi connectivity index (χ1n) is 8.77. The fourth-order valence-electron chi connectivity index (χ4n) is 3.21. The molecule has 0 amide bonds. The summed E-state index contributed by atoms with van der Waals surface area (Å²) < 4.78 is 10.6. The largest absolute Gasteiger partial charge is 0.456 e. The van der Waals surface area contributed by atoms with E-state index in [1.807, 2.05) is 48.5 Å². The molecular weight excluding hydrogens is 338 g/mol. The van der Waals surface area contributed by atoms with Gasteiger partial charge in [-0.25, -0.2) is 9.78 Å². The third kappa shape index (κ3) is 3.52. The maximum absolute atomic E-state index is 12.4. The number of benzene rings is 3. The number of methoxy groups -OCH3 is 1. The molecule has 27 heavy (non-hydrogen) atoms. The smallest absolute Gasteiger partial charge is 0.338 e. The van der Waals surface area contributed by atoms with Crippen LogP contribution in [0.4, 0.5) is 0 Å². The summed E-state index contributed by atoms with van der Waals surface area (Å²) in [5.41, 5.74) is 3.18. The maximum Gasteiger partial charge on any atom is 0.338 e. The van der Waals surface area contributed by atoms with Crippen LogP contribution in [0, 0.1) is 0 Å². The van der Waals surface area contributed by atoms with Crippen LogP contribution in [-0.2, 0) is 22.7 Å². The molecule has 0 aliphatic heterocycles. The molecule has 3 aromatic carbocycles. The number of hydrogen-bond acceptors (Lipinski definition) is 4. The van der Waals surface area contributed by atoms with Gasteiger partial charge in [-0.15, -0.1) is 0 Å². The monoisotopic (exact) mass is 357 g/mol. The summed E-state index contributed by atoms with van der Waals surface area (Å²) in [5.74, 6) is -0.363. The number of aromatic nitrogens is 1. The highest BCUT2D eigenvalue weighted by molar-refractivity contribution is 6.06. The third-order valence-electron chi connectivity index (χ3n) is 4.53. The van der Waals surface area contributed by atoms with Crippen molar-refractivity contribution < 1.29 is 14.3 Å². The molecule has 0 N–H and O–H groups in total. The molecule has 0 spiro atoms. The SMILES string of the molecule is COCc1ccc(C(=O)OCc2nc3ccccc3c3ccccc23)cc1. The van der Waals surface area contributed by atoms with Crippen LogP contribution in [0.5, 0.6) is 0 Å². The zero-order chi connectivity index (χ0) is 18.6. The maximum atomic E-state index is 12.4. The van der Waals surface area contributed by atoms with Crippen molar-refractivity contribution in [2.75, 3.05) is 7.11 Å². The molecule has 134 valence electrons. The van der Waals surface area contributed by atoms with Gasteiger partial charge in [0.2, 0.25) is 0 Å². The van der Waals surface area contributed by atoms with Gasteiger partial charge >= 0.3 is 5.97 Å². The van der Waals surface area contributed by atoms with Gasteiger partial charge in [0.15, 0.2) is 0 Å². The summed E-state index contributed by atoms with van der Waals surface area (Å²) in [5, 5.41) is 3.20. The van der Waals surface area contributed by atoms with E-state index < -0.39 is 0 Å². The minimum atomic E-state index is -0.363. The van der Waals surface area contributed by atoms with Gasteiger partial charge in [-0.2, -0.15) is 0 Å². The Kier molecular flexibility index (Phi) is 4.81. The van der Waals surface area contributed by atoms with Gasteiger partial charge < -0.3 is 9.47 Å². The van der Waals surface area contributed by atoms with E-state index in [0.717, 1.165) is 32.9 Å². The van der Waals surface area contributed by atoms with Gasteiger partial charge in [0.05, 0.1) is 23.4 Å². The van der Waals surface area contributed by atoms with Gasteiger partial charge in [0.1, 0.15) is 6.61 Å². The number of rotatable bonds is 5. The fourth-order valence-corrected chi connectivity index (χ4v) is 3.21. The first kappa shape index (κ1) is 17.2. The molecule has 0 radical (unpaired) electrons. The zero-order valence-corrected chi connectivity index (χ0v) is 15.0. The summed E-state index contributed by atoms with van der Waals surface area (Å²) in [6.07, 6.45) is 0. The molecule has 1 aromatic heterocycles. The van der Waals surface area contributed by atoms with Gasteiger partial charge in [-0.3, -0.25) is 0 Å². The molecule has 0 saturated carbocycles. The predicted molar refractivity (Wildman–Crippen MR) is 106 cm³/mol. The van der Waals surface area contributed by atoms with E-state index in [0.29, 0.717) is 12.2 Å². The highest BCUT2D eigenvalue weighted by atomic mass is 16.5. The number of carbonyl (C=O) groups excluding carboxylic acids is 1. The van der Waals surface area contributed by atoms with Crippen molar-refractivity contribution in [3.63, 3.8) is 0 Å². The van der Waals surface area contributed by atoms with Gasteiger partial charge in [-0.1, -0.05) is 54.6 Å². The average molecular weight is 357 g/mol. The Morgan fingerprint density at radius 1 is 0.815 bits per heavy atom. The lowest BCUT2D eigenvalue weighted by Crippen LogP contribution is -2.07. The lowest BCUT2D eigenvalue weighted by molar-refractivity contribution is 0.0470. The van der Waals surface area contributed by atoms with Gasteiger partial charge in [-0.05, 0) is 29.1 Å². The molecule has 0 aliphatic rings. The van der Waals surface area contributed by atoms with Crippen molar-refractivity contribution in [3.8, 4) is 0 Å². The Labute approximate surface area is 157 Å². The normalized spacial score (nSPS) is 11.0. The third-order valence-corrected chi connectivity index (χ3v) is 4.53. The Hall–Kier alpha value is -3.24. The van der Waals surface area contributed by atoms with Crippen molar-refractivity contribution in [2.24, 2.45) is 0 Å². The first-order chi connectivity index (χ1) is 13.3. The van der Waals surface area contributed by atoms with E-state index >= 15 is 0 Å². The molecule has 4 nitrogen and oxygen atoms in total. The number of ether oxygens (including phenoxy) is 2. The number of hydrogen-bond donors (Lipinski definition) is 0. The summed E-state index contributed by atoms with van der Waals surface area (Å²) in [6.45, 7) is 0.645. The van der Waals surface area contributed by atoms with E-state index in [1.165, 1.54) is 0 Å². The molecule has 1 heterocycles. The number of para-hydroxylation sites is 1. The van der Waals surface area contributed by atoms with Gasteiger partial charge in [0, 0.05) is 17.9 Å².